The number of ether oxygens (including phenoxy) is 1. The average molecular weight is 325 g/mol. The second-order valence-corrected chi connectivity index (χ2v) is 5.91. The fourth-order valence-electron chi connectivity index (χ4n) is 3.22. The van der Waals surface area contributed by atoms with E-state index in [2.05, 4.69) is 24.9 Å². The first-order valence-electron chi connectivity index (χ1n) is 8.33. The van der Waals surface area contributed by atoms with Gasteiger partial charge in [0.15, 0.2) is 0 Å². The lowest BCUT2D eigenvalue weighted by molar-refractivity contribution is -0.114. The summed E-state index contributed by atoms with van der Waals surface area (Å²) in [4.78, 5) is 18.9. The predicted molar refractivity (Wildman–Crippen MR) is 95.3 cm³/mol. The van der Waals surface area contributed by atoms with Crippen molar-refractivity contribution in [1.82, 2.24) is 9.55 Å². The molecule has 1 aromatic carbocycles. The Hall–Kier alpha value is -2.56. The number of imidazole rings is 1. The standard InChI is InChI=1S/C19H23N3O2/c1-4-21-13-11-20-17(21)9-10-18(23)22-12-5-6-15-14(2)7-8-16(24-3)19(15)22/h7-11,13H,4-6,12H2,1-3H3. The minimum absolute atomic E-state index is 0.0366. The van der Waals surface area contributed by atoms with E-state index in [1.165, 1.54) is 11.1 Å². The normalized spacial score (nSPS) is 14.0. The van der Waals surface area contributed by atoms with E-state index in [1.54, 1.807) is 25.5 Å². The van der Waals surface area contributed by atoms with Crippen LogP contribution in [-0.4, -0.2) is 29.1 Å². The van der Waals surface area contributed by atoms with E-state index in [1.807, 2.05) is 21.7 Å². The van der Waals surface area contributed by atoms with Gasteiger partial charge < -0.3 is 14.2 Å². The maximum atomic E-state index is 12.8. The van der Waals surface area contributed by atoms with E-state index in [0.29, 0.717) is 6.54 Å². The van der Waals surface area contributed by atoms with Crippen LogP contribution in [0, 0.1) is 6.92 Å². The Morgan fingerprint density at radius 3 is 3.00 bits per heavy atom. The molecule has 0 saturated heterocycles. The number of aryl methyl sites for hydroxylation is 2. The first-order valence-corrected chi connectivity index (χ1v) is 8.33. The third kappa shape index (κ3) is 2.94. The van der Waals surface area contributed by atoms with E-state index >= 15 is 0 Å². The number of benzene rings is 1. The van der Waals surface area contributed by atoms with Gasteiger partial charge in [-0.3, -0.25) is 4.79 Å². The quantitative estimate of drug-likeness (QED) is 0.811. The number of hydrogen-bond acceptors (Lipinski definition) is 3. The van der Waals surface area contributed by atoms with Crippen molar-refractivity contribution < 1.29 is 9.53 Å². The van der Waals surface area contributed by atoms with Gasteiger partial charge in [-0.05, 0) is 50.0 Å². The van der Waals surface area contributed by atoms with Gasteiger partial charge in [0.25, 0.3) is 5.91 Å². The molecule has 1 aliphatic rings. The Balaban J connectivity index is 1.92. The van der Waals surface area contributed by atoms with Gasteiger partial charge in [-0.25, -0.2) is 4.98 Å². The van der Waals surface area contributed by atoms with Gasteiger partial charge in [0.2, 0.25) is 0 Å². The van der Waals surface area contributed by atoms with E-state index in [-0.39, 0.29) is 5.91 Å². The van der Waals surface area contributed by atoms with Gasteiger partial charge in [0.05, 0.1) is 12.8 Å². The van der Waals surface area contributed by atoms with E-state index in [9.17, 15) is 4.79 Å². The molecule has 0 atom stereocenters. The van der Waals surface area contributed by atoms with Crippen LogP contribution < -0.4 is 9.64 Å². The van der Waals surface area contributed by atoms with Gasteiger partial charge in [-0.15, -0.1) is 0 Å². The van der Waals surface area contributed by atoms with Gasteiger partial charge in [0.1, 0.15) is 11.6 Å². The summed E-state index contributed by atoms with van der Waals surface area (Å²) in [7, 11) is 1.65. The number of anilines is 1. The van der Waals surface area contributed by atoms with Crippen molar-refractivity contribution >= 4 is 17.7 Å². The van der Waals surface area contributed by atoms with Crippen LogP contribution in [0.2, 0.25) is 0 Å². The molecule has 0 fully saturated rings. The fourth-order valence-corrected chi connectivity index (χ4v) is 3.22. The second-order valence-electron chi connectivity index (χ2n) is 5.91. The summed E-state index contributed by atoms with van der Waals surface area (Å²) < 4.78 is 7.50. The second kappa shape index (κ2) is 6.91. The molecule has 3 rings (SSSR count). The molecule has 0 bridgehead atoms. The molecule has 24 heavy (non-hydrogen) atoms. The first-order chi connectivity index (χ1) is 11.7. The number of rotatable bonds is 4. The number of carbonyl (C=O) groups excluding carboxylic acids is 1. The van der Waals surface area contributed by atoms with Gasteiger partial charge in [-0.2, -0.15) is 0 Å². The Bertz CT molecular complexity index is 777. The Morgan fingerprint density at radius 2 is 2.25 bits per heavy atom. The molecule has 0 saturated carbocycles. The maximum Gasteiger partial charge on any atom is 0.251 e. The minimum Gasteiger partial charge on any atom is -0.495 e. The van der Waals surface area contributed by atoms with E-state index in [0.717, 1.165) is 36.6 Å². The van der Waals surface area contributed by atoms with E-state index < -0.39 is 0 Å². The number of fused-ring (bicyclic) bond motifs is 1. The molecule has 0 N–H and O–H groups in total. The van der Waals surface area contributed by atoms with Gasteiger partial charge >= 0.3 is 0 Å². The molecule has 5 nitrogen and oxygen atoms in total. The van der Waals surface area contributed by atoms with Crippen molar-refractivity contribution in [3.8, 4) is 5.75 Å². The Labute approximate surface area is 142 Å². The largest absolute Gasteiger partial charge is 0.495 e. The van der Waals surface area contributed by atoms with Crippen molar-refractivity contribution in [1.29, 1.82) is 0 Å². The zero-order chi connectivity index (χ0) is 17.1. The van der Waals surface area contributed by atoms with Crippen LogP contribution in [0.25, 0.3) is 6.08 Å². The van der Waals surface area contributed by atoms with Crippen LogP contribution in [-0.2, 0) is 17.8 Å². The minimum atomic E-state index is -0.0366. The summed E-state index contributed by atoms with van der Waals surface area (Å²) in [6.45, 7) is 5.67. The number of aromatic nitrogens is 2. The van der Waals surface area contributed by atoms with Crippen LogP contribution in [0.3, 0.4) is 0 Å². The van der Waals surface area contributed by atoms with Crippen LogP contribution in [0.4, 0.5) is 5.69 Å². The maximum absolute atomic E-state index is 12.8. The summed E-state index contributed by atoms with van der Waals surface area (Å²) in [5.41, 5.74) is 3.32. The number of methoxy groups -OCH3 is 1. The lowest BCUT2D eigenvalue weighted by Crippen LogP contribution is -2.34. The molecule has 0 aliphatic carbocycles. The van der Waals surface area contributed by atoms with Crippen molar-refractivity contribution in [3.63, 3.8) is 0 Å². The highest BCUT2D eigenvalue weighted by Crippen LogP contribution is 2.38. The molecule has 2 aromatic rings. The fraction of sp³-hybridized carbons (Fsp3) is 0.368. The first kappa shape index (κ1) is 16.3. The Morgan fingerprint density at radius 1 is 1.42 bits per heavy atom. The zero-order valence-electron chi connectivity index (χ0n) is 14.5. The third-order valence-electron chi connectivity index (χ3n) is 4.51. The van der Waals surface area contributed by atoms with Gasteiger partial charge in [-0.1, -0.05) is 6.07 Å². The molecule has 0 spiro atoms. The number of hydrogen-bond donors (Lipinski definition) is 0. The zero-order valence-corrected chi connectivity index (χ0v) is 14.5. The molecule has 5 heteroatoms. The SMILES string of the molecule is CCn1ccnc1C=CC(=O)N1CCCc2c(C)ccc(OC)c21. The van der Waals surface area contributed by atoms with E-state index in [4.69, 9.17) is 4.74 Å². The van der Waals surface area contributed by atoms with Gasteiger partial charge in [0, 0.05) is 31.6 Å². The van der Waals surface area contributed by atoms with Crippen molar-refractivity contribution in [2.45, 2.75) is 33.2 Å². The summed E-state index contributed by atoms with van der Waals surface area (Å²) in [6.07, 6.45) is 8.98. The topological polar surface area (TPSA) is 47.4 Å². The van der Waals surface area contributed by atoms with Crippen molar-refractivity contribution in [2.24, 2.45) is 0 Å². The molecule has 2 heterocycles. The molecule has 1 aromatic heterocycles. The van der Waals surface area contributed by atoms with Crippen LogP contribution in [0.15, 0.2) is 30.6 Å². The molecule has 0 unspecified atom stereocenters. The lowest BCUT2D eigenvalue weighted by atomic mass is 9.96. The monoisotopic (exact) mass is 325 g/mol. The highest BCUT2D eigenvalue weighted by atomic mass is 16.5. The van der Waals surface area contributed by atoms with Crippen LogP contribution >= 0.6 is 0 Å². The molecule has 1 amide bonds. The Kier molecular flexibility index (Phi) is 4.69. The molecular formula is C19H23N3O2. The molecule has 1 aliphatic heterocycles. The predicted octanol–water partition coefficient (Wildman–Crippen LogP) is 3.21. The summed E-state index contributed by atoms with van der Waals surface area (Å²) in [6, 6.07) is 3.99. The third-order valence-corrected chi connectivity index (χ3v) is 4.51. The lowest BCUT2D eigenvalue weighted by Gasteiger charge is -2.31. The van der Waals surface area contributed by atoms with Crippen LogP contribution in [0.5, 0.6) is 5.75 Å². The highest BCUT2D eigenvalue weighted by molar-refractivity contribution is 6.05. The summed E-state index contributed by atoms with van der Waals surface area (Å²) >= 11 is 0. The summed E-state index contributed by atoms with van der Waals surface area (Å²) in [5, 5.41) is 0. The smallest absolute Gasteiger partial charge is 0.251 e. The number of nitrogens with zero attached hydrogens (tertiary/aromatic N) is 3. The highest BCUT2D eigenvalue weighted by Gasteiger charge is 2.26. The summed E-state index contributed by atoms with van der Waals surface area (Å²) in [5.74, 6) is 1.51. The molecule has 126 valence electrons. The average Bonchev–Trinajstić information content (AvgIpc) is 3.07. The number of amides is 1. The molecule has 0 radical (unpaired) electrons. The molecular weight excluding hydrogens is 302 g/mol. The number of carbonyl (C=O) groups is 1. The van der Waals surface area contributed by atoms with Crippen molar-refractivity contribution in [2.75, 3.05) is 18.6 Å². The van der Waals surface area contributed by atoms with Crippen molar-refractivity contribution in [3.05, 3.63) is 47.6 Å². The van der Waals surface area contributed by atoms with Crippen LogP contribution in [0.1, 0.15) is 30.3 Å².